The zero-order chi connectivity index (χ0) is 15.2. The fraction of sp³-hybridized carbons (Fsp3) is 0.278. The molecule has 2 aromatic carbocycles. The molecule has 1 atom stereocenters. The van der Waals surface area contributed by atoms with Crippen LogP contribution in [-0.4, -0.2) is 13.4 Å². The van der Waals surface area contributed by atoms with Gasteiger partial charge in [-0.3, -0.25) is 0 Å². The van der Waals surface area contributed by atoms with Gasteiger partial charge in [-0.05, 0) is 42.2 Å². The van der Waals surface area contributed by atoms with E-state index in [9.17, 15) is 4.79 Å². The third kappa shape index (κ3) is 3.70. The predicted molar refractivity (Wildman–Crippen MR) is 82.5 cm³/mol. The van der Waals surface area contributed by atoms with E-state index in [1.165, 1.54) is 7.11 Å². The van der Waals surface area contributed by atoms with Gasteiger partial charge in [0.2, 0.25) is 0 Å². The zero-order valence-corrected chi connectivity index (χ0v) is 12.6. The monoisotopic (exact) mass is 284 g/mol. The Labute approximate surface area is 125 Å². The molecule has 3 heteroatoms. The number of rotatable bonds is 6. The fourth-order valence-electron chi connectivity index (χ4n) is 2.22. The molecule has 2 aromatic rings. The lowest BCUT2D eigenvalue weighted by Gasteiger charge is -2.16. The molecule has 0 aromatic heterocycles. The van der Waals surface area contributed by atoms with E-state index in [2.05, 4.69) is 6.07 Å². The predicted octanol–water partition coefficient (Wildman–Crippen LogP) is 3.77. The number of hydrogen-bond acceptors (Lipinski definition) is 3. The second-order valence-electron chi connectivity index (χ2n) is 5.05. The zero-order valence-electron chi connectivity index (χ0n) is 12.6. The second-order valence-corrected chi connectivity index (χ2v) is 5.05. The molecule has 110 valence electrons. The van der Waals surface area contributed by atoms with Crippen molar-refractivity contribution >= 4 is 6.29 Å². The maximum absolute atomic E-state index is 11.1. The molecule has 0 N–H and O–H groups in total. The van der Waals surface area contributed by atoms with Gasteiger partial charge in [0.05, 0.1) is 0 Å². The van der Waals surface area contributed by atoms with E-state index >= 15 is 0 Å². The smallest absolute Gasteiger partial charge is 0.153 e. The molecule has 3 nitrogen and oxygen atoms in total. The summed E-state index contributed by atoms with van der Waals surface area (Å²) in [5.41, 5.74) is 4.06. The average Bonchev–Trinajstić information content (AvgIpc) is 2.50. The maximum atomic E-state index is 11.1. The molecule has 0 fully saturated rings. The van der Waals surface area contributed by atoms with Crippen molar-refractivity contribution in [3.8, 4) is 5.75 Å². The van der Waals surface area contributed by atoms with Crippen molar-refractivity contribution in [2.24, 2.45) is 0 Å². The third-order valence-electron chi connectivity index (χ3n) is 3.47. The first-order chi connectivity index (χ1) is 10.2. The van der Waals surface area contributed by atoms with Crippen LogP contribution in [0, 0.1) is 13.8 Å². The molecule has 0 aliphatic rings. The molecule has 0 heterocycles. The molecular weight excluding hydrogens is 264 g/mol. The van der Waals surface area contributed by atoms with Crippen LogP contribution in [0.3, 0.4) is 0 Å². The van der Waals surface area contributed by atoms with Crippen molar-refractivity contribution in [1.29, 1.82) is 0 Å². The minimum Gasteiger partial charge on any atom is -0.489 e. The first-order valence-corrected chi connectivity index (χ1v) is 6.91. The van der Waals surface area contributed by atoms with Gasteiger partial charge in [-0.2, -0.15) is 0 Å². The Hall–Kier alpha value is -2.13. The van der Waals surface area contributed by atoms with E-state index in [0.717, 1.165) is 34.3 Å². The summed E-state index contributed by atoms with van der Waals surface area (Å²) >= 11 is 0. The summed E-state index contributed by atoms with van der Waals surface area (Å²) in [6, 6.07) is 13.8. The highest BCUT2D eigenvalue weighted by molar-refractivity contribution is 5.61. The summed E-state index contributed by atoms with van der Waals surface area (Å²) in [5.74, 6) is 0.866. The van der Waals surface area contributed by atoms with Gasteiger partial charge in [-0.1, -0.05) is 36.4 Å². The topological polar surface area (TPSA) is 35.5 Å². The standard InChI is InChI=1S/C18H20O3/c1-13-8-9-14(2)17(10-13)21-12-15-6-4-5-7-16(15)18(11-19)20-3/h4-11,18H,12H2,1-3H3. The highest BCUT2D eigenvalue weighted by Crippen LogP contribution is 2.24. The van der Waals surface area contributed by atoms with E-state index < -0.39 is 6.10 Å². The minimum atomic E-state index is -0.552. The maximum Gasteiger partial charge on any atom is 0.153 e. The SMILES string of the molecule is COC(C=O)c1ccccc1COc1cc(C)ccc1C. The molecule has 2 rings (SSSR count). The Balaban J connectivity index is 2.20. The van der Waals surface area contributed by atoms with Crippen molar-refractivity contribution in [1.82, 2.24) is 0 Å². The van der Waals surface area contributed by atoms with Crippen LogP contribution in [0.25, 0.3) is 0 Å². The lowest BCUT2D eigenvalue weighted by atomic mass is 10.0. The fourth-order valence-corrected chi connectivity index (χ4v) is 2.22. The normalized spacial score (nSPS) is 12.0. The first-order valence-electron chi connectivity index (χ1n) is 6.91. The van der Waals surface area contributed by atoms with Crippen LogP contribution >= 0.6 is 0 Å². The van der Waals surface area contributed by atoms with Crippen LogP contribution in [0.5, 0.6) is 5.75 Å². The second kappa shape index (κ2) is 7.04. The number of hydrogen-bond donors (Lipinski definition) is 0. The van der Waals surface area contributed by atoms with Crippen LogP contribution in [-0.2, 0) is 16.1 Å². The third-order valence-corrected chi connectivity index (χ3v) is 3.47. The molecule has 0 bridgehead atoms. The summed E-state index contributed by atoms with van der Waals surface area (Å²) in [6.07, 6.45) is 0.250. The largest absolute Gasteiger partial charge is 0.489 e. The molecular formula is C18H20O3. The number of ether oxygens (including phenoxy) is 2. The molecule has 0 aliphatic heterocycles. The lowest BCUT2D eigenvalue weighted by Crippen LogP contribution is -2.08. The number of aryl methyl sites for hydroxylation is 2. The van der Waals surface area contributed by atoms with E-state index in [-0.39, 0.29) is 0 Å². The number of carbonyl (C=O) groups excluding carboxylic acids is 1. The van der Waals surface area contributed by atoms with Crippen molar-refractivity contribution in [2.45, 2.75) is 26.6 Å². The van der Waals surface area contributed by atoms with Gasteiger partial charge in [-0.15, -0.1) is 0 Å². The van der Waals surface area contributed by atoms with Crippen molar-refractivity contribution < 1.29 is 14.3 Å². The molecule has 0 amide bonds. The summed E-state index contributed by atoms with van der Waals surface area (Å²) in [7, 11) is 1.53. The van der Waals surface area contributed by atoms with Gasteiger partial charge in [0.1, 0.15) is 18.5 Å². The van der Waals surface area contributed by atoms with Gasteiger partial charge >= 0.3 is 0 Å². The Bertz CT molecular complexity index is 620. The van der Waals surface area contributed by atoms with Crippen molar-refractivity contribution in [3.63, 3.8) is 0 Å². The summed E-state index contributed by atoms with van der Waals surface area (Å²) < 4.78 is 11.1. The van der Waals surface area contributed by atoms with E-state index in [1.807, 2.05) is 50.2 Å². The number of methoxy groups -OCH3 is 1. The van der Waals surface area contributed by atoms with Crippen LogP contribution in [0.1, 0.15) is 28.4 Å². The van der Waals surface area contributed by atoms with Crippen LogP contribution in [0.15, 0.2) is 42.5 Å². The minimum absolute atomic E-state index is 0.411. The molecule has 0 aliphatic carbocycles. The van der Waals surface area contributed by atoms with Crippen molar-refractivity contribution in [3.05, 3.63) is 64.7 Å². The molecule has 0 spiro atoms. The Kier molecular flexibility index (Phi) is 5.12. The Morgan fingerprint density at radius 2 is 1.90 bits per heavy atom. The quantitative estimate of drug-likeness (QED) is 0.757. The Morgan fingerprint density at radius 1 is 1.14 bits per heavy atom. The number of benzene rings is 2. The van der Waals surface area contributed by atoms with Gasteiger partial charge < -0.3 is 14.3 Å². The van der Waals surface area contributed by atoms with Crippen LogP contribution in [0.4, 0.5) is 0 Å². The Morgan fingerprint density at radius 3 is 2.62 bits per heavy atom. The van der Waals surface area contributed by atoms with E-state index in [1.54, 1.807) is 0 Å². The van der Waals surface area contributed by atoms with Gasteiger partial charge in [0, 0.05) is 7.11 Å². The average molecular weight is 284 g/mol. The molecule has 21 heavy (non-hydrogen) atoms. The highest BCUT2D eigenvalue weighted by Gasteiger charge is 2.13. The molecule has 1 unspecified atom stereocenters. The van der Waals surface area contributed by atoms with Crippen LogP contribution in [0.2, 0.25) is 0 Å². The summed E-state index contributed by atoms with van der Waals surface area (Å²) in [6.45, 7) is 4.46. The summed E-state index contributed by atoms with van der Waals surface area (Å²) in [5, 5.41) is 0. The van der Waals surface area contributed by atoms with Gasteiger partial charge in [-0.25, -0.2) is 0 Å². The number of aldehydes is 1. The lowest BCUT2D eigenvalue weighted by molar-refractivity contribution is -0.116. The highest BCUT2D eigenvalue weighted by atomic mass is 16.5. The molecule has 0 saturated carbocycles. The molecule has 0 radical (unpaired) electrons. The van der Waals surface area contributed by atoms with Crippen molar-refractivity contribution in [2.75, 3.05) is 7.11 Å². The van der Waals surface area contributed by atoms with Crippen LogP contribution < -0.4 is 4.74 Å². The van der Waals surface area contributed by atoms with Gasteiger partial charge in [0.15, 0.2) is 6.29 Å². The number of carbonyl (C=O) groups is 1. The van der Waals surface area contributed by atoms with Gasteiger partial charge in [0.25, 0.3) is 0 Å². The first kappa shape index (κ1) is 15.3. The van der Waals surface area contributed by atoms with E-state index in [0.29, 0.717) is 6.61 Å². The van der Waals surface area contributed by atoms with E-state index in [4.69, 9.17) is 9.47 Å². The summed E-state index contributed by atoms with van der Waals surface area (Å²) in [4.78, 5) is 11.1. The molecule has 0 saturated heterocycles.